The fourth-order valence-electron chi connectivity index (χ4n) is 3.18. The van der Waals surface area contributed by atoms with Crippen LogP contribution in [0.1, 0.15) is 29.0 Å². The number of nitrogens with zero attached hydrogens (tertiary/aromatic N) is 5. The fourth-order valence-corrected chi connectivity index (χ4v) is 3.86. The van der Waals surface area contributed by atoms with Gasteiger partial charge in [-0.1, -0.05) is 16.8 Å². The number of carbonyl (C=O) groups is 1. The summed E-state index contributed by atoms with van der Waals surface area (Å²) in [7, 11) is 0. The lowest BCUT2D eigenvalue weighted by Crippen LogP contribution is -2.24. The van der Waals surface area contributed by atoms with Crippen LogP contribution in [-0.2, 0) is 13.1 Å². The Morgan fingerprint density at radius 3 is 3.00 bits per heavy atom. The third-order valence-corrected chi connectivity index (χ3v) is 5.94. The Balaban J connectivity index is 1.38. The van der Waals surface area contributed by atoms with Crippen LogP contribution in [0.25, 0.3) is 11.0 Å². The molecule has 31 heavy (non-hydrogen) atoms. The van der Waals surface area contributed by atoms with Crippen LogP contribution in [0.5, 0.6) is 11.6 Å². The number of halogens is 2. The average Bonchev–Trinajstić information content (AvgIpc) is 3.24. The number of H-pyrrole nitrogens is 1. The third-order valence-electron chi connectivity index (χ3n) is 4.97. The van der Waals surface area contributed by atoms with Crippen molar-refractivity contribution in [3.05, 3.63) is 57.7 Å². The zero-order chi connectivity index (χ0) is 21.4. The highest BCUT2D eigenvalue weighted by molar-refractivity contribution is 9.10. The van der Waals surface area contributed by atoms with Crippen LogP contribution < -0.4 is 10.1 Å². The van der Waals surface area contributed by atoms with E-state index in [-0.39, 0.29) is 18.3 Å². The summed E-state index contributed by atoms with van der Waals surface area (Å²) in [6.45, 7) is 1.04. The number of carbonyl (C=O) groups excluding carboxylic acids is 1. The highest BCUT2D eigenvalue weighted by Crippen LogP contribution is 2.37. The summed E-state index contributed by atoms with van der Waals surface area (Å²) in [6.07, 6.45) is 7.07. The van der Waals surface area contributed by atoms with Gasteiger partial charge in [0, 0.05) is 37.2 Å². The number of ether oxygens (including phenoxy) is 1. The molecule has 1 saturated carbocycles. The maximum absolute atomic E-state index is 12.2. The Kier molecular flexibility index (Phi) is 5.33. The van der Waals surface area contributed by atoms with E-state index in [0.29, 0.717) is 32.6 Å². The smallest absolute Gasteiger partial charge is 0.287 e. The quantitative estimate of drug-likeness (QED) is 0.394. The predicted molar refractivity (Wildman–Crippen MR) is 117 cm³/mol. The Bertz CT molecular complexity index is 1250. The molecule has 11 heteroatoms. The average molecular weight is 503 g/mol. The molecule has 0 unspecified atom stereocenters. The number of amides is 1. The number of nitrogens with one attached hydrogen (secondary N) is 2. The molecule has 0 spiro atoms. The van der Waals surface area contributed by atoms with Crippen LogP contribution in [0.3, 0.4) is 0 Å². The van der Waals surface area contributed by atoms with Crippen LogP contribution in [0.2, 0.25) is 5.02 Å². The number of aromatic amines is 1. The van der Waals surface area contributed by atoms with Gasteiger partial charge in [0.25, 0.3) is 5.91 Å². The number of hydrogen-bond donors (Lipinski definition) is 2. The van der Waals surface area contributed by atoms with Crippen molar-refractivity contribution in [2.75, 3.05) is 0 Å². The summed E-state index contributed by atoms with van der Waals surface area (Å²) in [5, 5.41) is 11.8. The zero-order valence-corrected chi connectivity index (χ0v) is 18.5. The molecule has 4 aromatic rings. The summed E-state index contributed by atoms with van der Waals surface area (Å²) in [6, 6.07) is 5.48. The van der Waals surface area contributed by atoms with Gasteiger partial charge in [0.2, 0.25) is 5.88 Å². The van der Waals surface area contributed by atoms with E-state index in [1.54, 1.807) is 12.3 Å². The fraction of sp³-hybridized carbons (Fsp3) is 0.250. The summed E-state index contributed by atoms with van der Waals surface area (Å²) < 4.78 is 8.68. The van der Waals surface area contributed by atoms with Crippen molar-refractivity contribution in [1.82, 2.24) is 35.3 Å². The third kappa shape index (κ3) is 4.26. The van der Waals surface area contributed by atoms with Crippen LogP contribution in [0.15, 0.2) is 41.3 Å². The molecule has 9 nitrogen and oxygen atoms in total. The molecule has 5 rings (SSSR count). The monoisotopic (exact) mass is 501 g/mol. The molecule has 1 aliphatic carbocycles. The number of rotatable bonds is 7. The number of aromatic nitrogens is 6. The zero-order valence-electron chi connectivity index (χ0n) is 16.2. The minimum atomic E-state index is -0.342. The normalized spacial score (nSPS) is 13.5. The SMILES string of the molecule is O=C(NCc1cc(Cl)cnc1Oc1ccc2c(nnn2CC2CC2)c1Br)c1ncc[nH]1. The van der Waals surface area contributed by atoms with Gasteiger partial charge in [-0.25, -0.2) is 14.6 Å². The molecule has 1 amide bonds. The van der Waals surface area contributed by atoms with Gasteiger partial charge in [-0.15, -0.1) is 5.10 Å². The maximum Gasteiger partial charge on any atom is 0.287 e. The number of hydrogen-bond acceptors (Lipinski definition) is 6. The van der Waals surface area contributed by atoms with Crippen molar-refractivity contribution in [1.29, 1.82) is 0 Å². The Labute approximate surface area is 190 Å². The topological polar surface area (TPSA) is 111 Å². The van der Waals surface area contributed by atoms with Gasteiger partial charge >= 0.3 is 0 Å². The first kappa shape index (κ1) is 20.0. The van der Waals surface area contributed by atoms with Crippen LogP contribution >= 0.6 is 27.5 Å². The second kappa shape index (κ2) is 8.27. The molecule has 1 fully saturated rings. The number of benzene rings is 1. The van der Waals surface area contributed by atoms with E-state index in [9.17, 15) is 4.79 Å². The molecule has 0 radical (unpaired) electrons. The van der Waals surface area contributed by atoms with Crippen molar-refractivity contribution in [2.24, 2.45) is 5.92 Å². The molecule has 158 valence electrons. The molecule has 1 aliphatic rings. The molecule has 0 saturated heterocycles. The first-order valence-corrected chi connectivity index (χ1v) is 10.9. The standard InChI is InChI=1S/C20H17BrClN7O2/c21-16-15(4-3-14-17(16)27-28-29(14)10-11-1-2-11)31-20-12(7-13(22)9-26-20)8-25-19(30)18-23-5-6-24-18/h3-7,9,11H,1-2,8,10H2,(H,23,24)(H,25,30). The van der Waals surface area contributed by atoms with E-state index < -0.39 is 0 Å². The second-order valence-corrected chi connectivity index (χ2v) is 8.53. The summed E-state index contributed by atoms with van der Waals surface area (Å²) in [5.74, 6) is 1.44. The van der Waals surface area contributed by atoms with Gasteiger partial charge in [-0.3, -0.25) is 4.79 Å². The van der Waals surface area contributed by atoms with E-state index in [0.717, 1.165) is 17.6 Å². The molecule has 0 aliphatic heterocycles. The molecular formula is C20H17BrClN7O2. The van der Waals surface area contributed by atoms with Crippen molar-refractivity contribution >= 4 is 44.5 Å². The molecule has 3 heterocycles. The van der Waals surface area contributed by atoms with Gasteiger partial charge in [-0.2, -0.15) is 0 Å². The Morgan fingerprint density at radius 2 is 2.23 bits per heavy atom. The highest BCUT2D eigenvalue weighted by Gasteiger charge is 2.24. The number of fused-ring (bicyclic) bond motifs is 1. The van der Waals surface area contributed by atoms with Crippen molar-refractivity contribution in [3.8, 4) is 11.6 Å². The number of pyridine rings is 1. The minimum absolute atomic E-state index is 0.167. The Morgan fingerprint density at radius 1 is 1.35 bits per heavy atom. The van der Waals surface area contributed by atoms with Crippen LogP contribution in [-0.4, -0.2) is 35.9 Å². The van der Waals surface area contributed by atoms with Crippen LogP contribution in [0.4, 0.5) is 0 Å². The molecule has 3 aromatic heterocycles. The largest absolute Gasteiger partial charge is 0.437 e. The lowest BCUT2D eigenvalue weighted by molar-refractivity contribution is 0.0941. The van der Waals surface area contributed by atoms with E-state index in [2.05, 4.69) is 46.5 Å². The van der Waals surface area contributed by atoms with Crippen LogP contribution in [0, 0.1) is 5.92 Å². The molecule has 2 N–H and O–H groups in total. The highest BCUT2D eigenvalue weighted by atomic mass is 79.9. The first-order chi connectivity index (χ1) is 15.1. The lowest BCUT2D eigenvalue weighted by atomic mass is 10.2. The van der Waals surface area contributed by atoms with Gasteiger partial charge in [-0.05, 0) is 52.9 Å². The molecule has 0 atom stereocenters. The van der Waals surface area contributed by atoms with Gasteiger partial charge < -0.3 is 15.0 Å². The predicted octanol–water partition coefficient (Wildman–Crippen LogP) is 4.10. The van der Waals surface area contributed by atoms with E-state index >= 15 is 0 Å². The van der Waals surface area contributed by atoms with E-state index in [1.807, 2.05) is 16.8 Å². The molecule has 1 aromatic carbocycles. The number of imidazole rings is 1. The van der Waals surface area contributed by atoms with Gasteiger partial charge in [0.1, 0.15) is 11.3 Å². The van der Waals surface area contributed by atoms with Crippen molar-refractivity contribution in [3.63, 3.8) is 0 Å². The summed E-state index contributed by atoms with van der Waals surface area (Å²) in [4.78, 5) is 23.2. The van der Waals surface area contributed by atoms with Gasteiger partial charge in [0.15, 0.2) is 5.82 Å². The van der Waals surface area contributed by atoms with E-state index in [1.165, 1.54) is 25.2 Å². The van der Waals surface area contributed by atoms with Gasteiger partial charge in [0.05, 0.1) is 15.0 Å². The maximum atomic E-state index is 12.2. The lowest BCUT2D eigenvalue weighted by Gasteiger charge is -2.12. The minimum Gasteiger partial charge on any atom is -0.437 e. The summed E-state index contributed by atoms with van der Waals surface area (Å²) in [5.41, 5.74) is 2.29. The molecular weight excluding hydrogens is 486 g/mol. The van der Waals surface area contributed by atoms with Crippen molar-refractivity contribution < 1.29 is 9.53 Å². The summed E-state index contributed by atoms with van der Waals surface area (Å²) >= 11 is 9.70. The molecule has 0 bridgehead atoms. The first-order valence-electron chi connectivity index (χ1n) is 9.70. The van der Waals surface area contributed by atoms with E-state index in [4.69, 9.17) is 16.3 Å². The second-order valence-electron chi connectivity index (χ2n) is 7.30. The van der Waals surface area contributed by atoms with Crippen molar-refractivity contribution in [2.45, 2.75) is 25.9 Å². The Hall–Kier alpha value is -2.98.